The van der Waals surface area contributed by atoms with Crippen molar-refractivity contribution in [2.45, 2.75) is 13.3 Å². The normalized spacial score (nSPS) is 9.89. The van der Waals surface area contributed by atoms with Gasteiger partial charge in [0.15, 0.2) is 6.61 Å². The molecule has 0 radical (unpaired) electrons. The van der Waals surface area contributed by atoms with Gasteiger partial charge in [0, 0.05) is 12.6 Å². The zero-order valence-electron chi connectivity index (χ0n) is 9.81. The lowest BCUT2D eigenvalue weighted by Crippen LogP contribution is -2.29. The molecule has 1 aromatic rings. The second kappa shape index (κ2) is 6.95. The number of rotatable bonds is 6. The lowest BCUT2D eigenvalue weighted by atomic mass is 10.3. The van der Waals surface area contributed by atoms with Gasteiger partial charge in [0.1, 0.15) is 5.75 Å². The Bertz CT molecular complexity index is 451. The van der Waals surface area contributed by atoms with Gasteiger partial charge in [-0.1, -0.05) is 6.92 Å². The topological polar surface area (TPSA) is 81.5 Å². The van der Waals surface area contributed by atoms with E-state index in [-0.39, 0.29) is 24.0 Å². The lowest BCUT2D eigenvalue weighted by Gasteiger charge is -2.08. The second-order valence-electron chi connectivity index (χ2n) is 3.51. The van der Waals surface area contributed by atoms with E-state index in [0.717, 1.165) is 6.42 Å². The second-order valence-corrected chi connectivity index (χ2v) is 4.36. The molecule has 7 heteroatoms. The number of nitrogens with zero attached hydrogens (tertiary/aromatic N) is 1. The monoisotopic (exact) mass is 316 g/mol. The van der Waals surface area contributed by atoms with Crippen LogP contribution in [0.25, 0.3) is 0 Å². The zero-order chi connectivity index (χ0) is 13.5. The number of hydrogen-bond acceptors (Lipinski definition) is 4. The van der Waals surface area contributed by atoms with Gasteiger partial charge in [-0.2, -0.15) is 0 Å². The van der Waals surface area contributed by atoms with Crippen molar-refractivity contribution in [3.8, 4) is 5.75 Å². The Hall–Kier alpha value is -1.63. The third-order valence-electron chi connectivity index (χ3n) is 2.06. The fourth-order valence-electron chi connectivity index (χ4n) is 1.17. The van der Waals surface area contributed by atoms with Crippen LogP contribution in [0.1, 0.15) is 13.3 Å². The average Bonchev–Trinajstić information content (AvgIpc) is 2.35. The van der Waals surface area contributed by atoms with Gasteiger partial charge in [-0.25, -0.2) is 0 Å². The van der Waals surface area contributed by atoms with Gasteiger partial charge in [-0.15, -0.1) is 0 Å². The van der Waals surface area contributed by atoms with Crippen LogP contribution < -0.4 is 10.1 Å². The van der Waals surface area contributed by atoms with Gasteiger partial charge in [0.05, 0.1) is 15.5 Å². The van der Waals surface area contributed by atoms with Crippen LogP contribution in [0, 0.1) is 10.1 Å². The molecule has 0 saturated heterocycles. The average molecular weight is 317 g/mol. The summed E-state index contributed by atoms with van der Waals surface area (Å²) < 4.78 is 5.79. The molecule has 0 unspecified atom stereocenters. The summed E-state index contributed by atoms with van der Waals surface area (Å²) in [7, 11) is 0. The number of non-ortho nitro benzene ring substituents is 1. The quantitative estimate of drug-likeness (QED) is 0.644. The summed E-state index contributed by atoms with van der Waals surface area (Å²) in [6.07, 6.45) is 0.840. The number of amides is 1. The fraction of sp³-hybridized carbons (Fsp3) is 0.364. The van der Waals surface area contributed by atoms with E-state index in [9.17, 15) is 14.9 Å². The highest BCUT2D eigenvalue weighted by Gasteiger charge is 2.11. The van der Waals surface area contributed by atoms with E-state index >= 15 is 0 Å². The first-order valence-corrected chi connectivity index (χ1v) is 6.17. The number of carbonyl (C=O) groups is 1. The number of benzene rings is 1. The Labute approximate surface area is 113 Å². The third-order valence-corrected chi connectivity index (χ3v) is 2.71. The van der Waals surface area contributed by atoms with Crippen molar-refractivity contribution in [3.05, 3.63) is 32.8 Å². The molecule has 0 fully saturated rings. The van der Waals surface area contributed by atoms with Gasteiger partial charge in [0.25, 0.3) is 11.6 Å². The first kappa shape index (κ1) is 14.4. The summed E-state index contributed by atoms with van der Waals surface area (Å²) in [5.74, 6) is 0.0195. The molecule has 1 N–H and O–H groups in total. The van der Waals surface area contributed by atoms with E-state index < -0.39 is 4.92 Å². The smallest absolute Gasteiger partial charge is 0.273 e. The molecule has 0 aromatic heterocycles. The summed E-state index contributed by atoms with van der Waals surface area (Å²) in [6, 6.07) is 4.14. The number of nitro benzene ring substituents is 1. The molecule has 1 aromatic carbocycles. The molecular weight excluding hydrogens is 304 g/mol. The van der Waals surface area contributed by atoms with E-state index in [0.29, 0.717) is 11.0 Å². The molecule has 1 amide bonds. The minimum Gasteiger partial charge on any atom is -0.482 e. The summed E-state index contributed by atoms with van der Waals surface area (Å²) in [5, 5.41) is 13.2. The Morgan fingerprint density at radius 2 is 2.28 bits per heavy atom. The summed E-state index contributed by atoms with van der Waals surface area (Å²) in [6.45, 7) is 2.36. The predicted octanol–water partition coefficient (Wildman–Crippen LogP) is 2.26. The molecule has 98 valence electrons. The Morgan fingerprint density at radius 3 is 2.89 bits per heavy atom. The maximum absolute atomic E-state index is 11.3. The lowest BCUT2D eigenvalue weighted by molar-refractivity contribution is -0.385. The molecule has 0 saturated carbocycles. The van der Waals surface area contributed by atoms with Gasteiger partial charge in [0.2, 0.25) is 0 Å². The van der Waals surface area contributed by atoms with Gasteiger partial charge < -0.3 is 10.1 Å². The van der Waals surface area contributed by atoms with Gasteiger partial charge >= 0.3 is 0 Å². The van der Waals surface area contributed by atoms with Crippen molar-refractivity contribution in [1.82, 2.24) is 5.32 Å². The van der Waals surface area contributed by atoms with Crippen molar-refractivity contribution in [2.24, 2.45) is 0 Å². The highest BCUT2D eigenvalue weighted by molar-refractivity contribution is 9.10. The maximum Gasteiger partial charge on any atom is 0.273 e. The molecule has 1 rings (SSSR count). The van der Waals surface area contributed by atoms with Crippen molar-refractivity contribution in [3.63, 3.8) is 0 Å². The number of nitrogens with one attached hydrogen (secondary N) is 1. The number of halogens is 1. The van der Waals surface area contributed by atoms with Crippen LogP contribution >= 0.6 is 15.9 Å². The minimum atomic E-state index is -0.517. The van der Waals surface area contributed by atoms with Gasteiger partial charge in [-0.3, -0.25) is 14.9 Å². The standard InChI is InChI=1S/C11H13BrN2O4/c1-2-5-13-11(15)7-18-10-6-8(14(16)17)3-4-9(10)12/h3-4,6H,2,5,7H2,1H3,(H,13,15). The molecule has 0 aliphatic heterocycles. The number of nitro groups is 1. The van der Waals surface area contributed by atoms with Gasteiger partial charge in [-0.05, 0) is 28.4 Å². The molecule has 0 atom stereocenters. The van der Waals surface area contributed by atoms with Crippen LogP contribution in [0.4, 0.5) is 5.69 Å². The van der Waals surface area contributed by atoms with Crippen LogP contribution in [0.3, 0.4) is 0 Å². The molecule has 0 aliphatic rings. The molecule has 18 heavy (non-hydrogen) atoms. The van der Waals surface area contributed by atoms with Crippen molar-refractivity contribution in [1.29, 1.82) is 0 Å². The first-order valence-electron chi connectivity index (χ1n) is 5.38. The fourth-order valence-corrected chi connectivity index (χ4v) is 1.54. The highest BCUT2D eigenvalue weighted by atomic mass is 79.9. The van der Waals surface area contributed by atoms with E-state index in [2.05, 4.69) is 21.2 Å². The first-order chi connectivity index (χ1) is 8.54. The number of hydrogen-bond donors (Lipinski definition) is 1. The van der Waals surface area contributed by atoms with Crippen LogP contribution in [0.5, 0.6) is 5.75 Å². The molecule has 0 spiro atoms. The minimum absolute atomic E-state index is 0.0813. The third kappa shape index (κ3) is 4.33. The summed E-state index contributed by atoms with van der Waals surface area (Å²) >= 11 is 3.20. The van der Waals surface area contributed by atoms with Crippen molar-refractivity contribution in [2.75, 3.05) is 13.2 Å². The van der Waals surface area contributed by atoms with Crippen LogP contribution in [0.2, 0.25) is 0 Å². The number of carbonyl (C=O) groups excluding carboxylic acids is 1. The van der Waals surface area contributed by atoms with Crippen LogP contribution in [-0.2, 0) is 4.79 Å². The molecule has 0 aliphatic carbocycles. The van der Waals surface area contributed by atoms with E-state index in [1.54, 1.807) is 0 Å². The number of ether oxygens (including phenoxy) is 1. The Morgan fingerprint density at radius 1 is 1.56 bits per heavy atom. The SMILES string of the molecule is CCCNC(=O)COc1cc([N+](=O)[O-])ccc1Br. The maximum atomic E-state index is 11.3. The van der Waals surface area contributed by atoms with Crippen molar-refractivity contribution >= 4 is 27.5 Å². The van der Waals surface area contributed by atoms with Crippen LogP contribution in [0.15, 0.2) is 22.7 Å². The van der Waals surface area contributed by atoms with Crippen molar-refractivity contribution < 1.29 is 14.5 Å². The molecule has 0 heterocycles. The predicted molar refractivity (Wildman–Crippen MR) is 69.6 cm³/mol. The van der Waals surface area contributed by atoms with Crippen LogP contribution in [-0.4, -0.2) is 24.0 Å². The highest BCUT2D eigenvalue weighted by Crippen LogP contribution is 2.29. The molecule has 0 bridgehead atoms. The van der Waals surface area contributed by atoms with E-state index in [1.807, 2.05) is 6.92 Å². The Balaban J connectivity index is 2.63. The van der Waals surface area contributed by atoms with E-state index in [4.69, 9.17) is 4.74 Å². The largest absolute Gasteiger partial charge is 0.482 e. The summed E-state index contributed by atoms with van der Waals surface area (Å²) in [4.78, 5) is 21.4. The summed E-state index contributed by atoms with van der Waals surface area (Å²) in [5.41, 5.74) is -0.0813. The molecule has 6 nitrogen and oxygen atoms in total. The Kier molecular flexibility index (Phi) is 5.57. The van der Waals surface area contributed by atoms with E-state index in [1.165, 1.54) is 18.2 Å². The molecular formula is C11H13BrN2O4. The zero-order valence-corrected chi connectivity index (χ0v) is 11.4.